The first-order valence-electron chi connectivity index (χ1n) is 14.9. The SMILES string of the molecule is C[C@@H](O)[C@H](NC(=O)[C@H](CCNC(=O)OC(C)(C)C)NC(=O)[C@@H](N)Cc1cc(F)ccc1F)C(=O)N[C@@H](CNC(=O)OC(C)(C)C)C(=O)O. The number of benzene rings is 1. The van der Waals surface area contributed by atoms with E-state index in [0.717, 1.165) is 25.1 Å². The van der Waals surface area contributed by atoms with Crippen LogP contribution in [0.1, 0.15) is 60.5 Å². The summed E-state index contributed by atoms with van der Waals surface area (Å²) in [5, 5.41) is 31.1. The minimum Gasteiger partial charge on any atom is -0.480 e. The lowest BCUT2D eigenvalue weighted by molar-refractivity contribution is -0.143. The Bertz CT molecular complexity index is 1320. The molecule has 0 saturated carbocycles. The smallest absolute Gasteiger partial charge is 0.407 e. The number of hydrogen-bond donors (Lipinski definition) is 8. The van der Waals surface area contributed by atoms with Crippen LogP contribution >= 0.6 is 0 Å². The maximum Gasteiger partial charge on any atom is 0.407 e. The molecule has 0 saturated heterocycles. The molecule has 9 N–H and O–H groups in total. The first kappa shape index (κ1) is 41.4. The van der Waals surface area contributed by atoms with Gasteiger partial charge >= 0.3 is 18.2 Å². The van der Waals surface area contributed by atoms with E-state index in [0.29, 0.717) is 0 Å². The second-order valence-electron chi connectivity index (χ2n) is 12.8. The average molecular weight is 689 g/mol. The summed E-state index contributed by atoms with van der Waals surface area (Å²) < 4.78 is 37.9. The lowest BCUT2D eigenvalue weighted by atomic mass is 10.0. The first-order chi connectivity index (χ1) is 22.0. The van der Waals surface area contributed by atoms with Gasteiger partial charge in [-0.15, -0.1) is 0 Å². The molecule has 0 fully saturated rings. The zero-order chi connectivity index (χ0) is 37.0. The molecule has 0 aliphatic heterocycles. The van der Waals surface area contributed by atoms with Gasteiger partial charge in [-0.1, -0.05) is 0 Å². The number of carboxylic acid groups (broad SMARTS) is 1. The van der Waals surface area contributed by atoms with Gasteiger partial charge in [-0.3, -0.25) is 14.4 Å². The highest BCUT2D eigenvalue weighted by molar-refractivity contribution is 5.94. The monoisotopic (exact) mass is 688 g/mol. The van der Waals surface area contributed by atoms with Crippen LogP contribution in [0.2, 0.25) is 0 Å². The summed E-state index contributed by atoms with van der Waals surface area (Å²) in [7, 11) is 0. The quantitative estimate of drug-likeness (QED) is 0.124. The fourth-order valence-electron chi connectivity index (χ4n) is 3.83. The third-order valence-electron chi connectivity index (χ3n) is 6.05. The molecule has 1 rings (SSSR count). The number of carbonyl (C=O) groups is 6. The number of rotatable bonds is 15. The summed E-state index contributed by atoms with van der Waals surface area (Å²) in [6, 6.07) is -3.87. The predicted octanol–water partition coefficient (Wildman–Crippen LogP) is 0.194. The number of aliphatic hydroxyl groups excluding tert-OH is 1. The molecule has 1 aromatic rings. The van der Waals surface area contributed by atoms with Crippen molar-refractivity contribution in [3.63, 3.8) is 0 Å². The van der Waals surface area contributed by atoms with Gasteiger partial charge in [0.15, 0.2) is 0 Å². The van der Waals surface area contributed by atoms with Gasteiger partial charge < -0.3 is 52.0 Å². The fraction of sp³-hybridized carbons (Fsp3) is 0.600. The topological polar surface area (TPSA) is 248 Å². The van der Waals surface area contributed by atoms with E-state index in [-0.39, 0.29) is 18.5 Å². The molecule has 0 spiro atoms. The van der Waals surface area contributed by atoms with Gasteiger partial charge in [0.25, 0.3) is 0 Å². The first-order valence-corrected chi connectivity index (χ1v) is 14.9. The van der Waals surface area contributed by atoms with Crippen molar-refractivity contribution in [3.05, 3.63) is 35.4 Å². The Morgan fingerprint density at radius 2 is 1.38 bits per heavy atom. The highest BCUT2D eigenvalue weighted by Gasteiger charge is 2.33. The molecule has 270 valence electrons. The van der Waals surface area contributed by atoms with Crippen molar-refractivity contribution in [2.24, 2.45) is 5.73 Å². The van der Waals surface area contributed by atoms with Gasteiger partial charge in [0, 0.05) is 6.54 Å². The number of carboxylic acids is 1. The number of carbonyl (C=O) groups excluding carboxylic acids is 5. The number of ether oxygens (including phenoxy) is 2. The van der Waals surface area contributed by atoms with Crippen LogP contribution in [-0.2, 0) is 35.1 Å². The highest BCUT2D eigenvalue weighted by atomic mass is 19.1. The molecule has 18 heteroatoms. The van der Waals surface area contributed by atoms with Crippen LogP contribution in [0.25, 0.3) is 0 Å². The Kier molecular flexibility index (Phi) is 15.6. The molecule has 16 nitrogen and oxygen atoms in total. The minimum absolute atomic E-state index is 0.203. The molecule has 1 aromatic carbocycles. The van der Waals surface area contributed by atoms with Gasteiger partial charge in [0.2, 0.25) is 17.7 Å². The van der Waals surface area contributed by atoms with Crippen molar-refractivity contribution in [2.45, 2.75) is 103 Å². The van der Waals surface area contributed by atoms with Crippen molar-refractivity contribution < 1.29 is 57.2 Å². The fourth-order valence-corrected chi connectivity index (χ4v) is 3.83. The molecular weight excluding hydrogens is 642 g/mol. The van der Waals surface area contributed by atoms with E-state index in [4.69, 9.17) is 15.2 Å². The van der Waals surface area contributed by atoms with Gasteiger partial charge in [-0.05, 0) is 85.1 Å². The molecule has 5 atom stereocenters. The van der Waals surface area contributed by atoms with Crippen molar-refractivity contribution in [1.29, 1.82) is 0 Å². The Balaban J connectivity index is 3.11. The summed E-state index contributed by atoms with van der Waals surface area (Å²) in [6.45, 7) is 9.88. The van der Waals surface area contributed by atoms with E-state index < -0.39 is 102 Å². The molecule has 5 amide bonds. The lowest BCUT2D eigenvalue weighted by Crippen LogP contribution is -2.61. The molecule has 0 aliphatic carbocycles. The van der Waals surface area contributed by atoms with Gasteiger partial charge in [-0.25, -0.2) is 23.2 Å². The standard InChI is InChI=1S/C30H46F2N6O10/c1-15(39)22(25(42)37-21(26(43)44)14-35-28(46)48-30(5,6)7)38-24(41)20(10-11-34-27(45)47-29(2,3)4)36-23(40)19(33)13-16-12-17(31)8-9-18(16)32/h8-9,12,15,19-22,39H,10-11,13-14,33H2,1-7H3,(H,34,45)(H,35,46)(H,36,40)(H,37,42)(H,38,41)(H,43,44)/t15-,19+,20+,21+,22+/m1/s1. The van der Waals surface area contributed by atoms with Crippen LogP contribution in [0.15, 0.2) is 18.2 Å². The second-order valence-corrected chi connectivity index (χ2v) is 12.8. The normalized spacial score (nSPS) is 14.6. The molecule has 0 unspecified atom stereocenters. The number of nitrogens with two attached hydrogens (primary N) is 1. The number of amides is 5. The van der Waals surface area contributed by atoms with Crippen molar-refractivity contribution in [2.75, 3.05) is 13.1 Å². The highest BCUT2D eigenvalue weighted by Crippen LogP contribution is 2.12. The van der Waals surface area contributed by atoms with Crippen LogP contribution in [0, 0.1) is 11.6 Å². The van der Waals surface area contributed by atoms with Crippen LogP contribution in [0.3, 0.4) is 0 Å². The van der Waals surface area contributed by atoms with Crippen LogP contribution in [-0.4, -0.2) is 101 Å². The van der Waals surface area contributed by atoms with Crippen molar-refractivity contribution in [3.8, 4) is 0 Å². The Morgan fingerprint density at radius 3 is 1.90 bits per heavy atom. The molecule has 0 aromatic heterocycles. The van der Waals surface area contributed by atoms with Gasteiger partial charge in [-0.2, -0.15) is 0 Å². The maximum absolute atomic E-state index is 14.1. The summed E-state index contributed by atoms with van der Waals surface area (Å²) in [5.74, 6) is -6.34. The van der Waals surface area contributed by atoms with Gasteiger partial charge in [0.1, 0.15) is 41.0 Å². The van der Waals surface area contributed by atoms with E-state index in [2.05, 4.69) is 26.6 Å². The molecular formula is C30H46F2N6O10. The summed E-state index contributed by atoms with van der Waals surface area (Å²) in [4.78, 5) is 75.1. The molecule has 0 bridgehead atoms. The zero-order valence-corrected chi connectivity index (χ0v) is 27.9. The predicted molar refractivity (Wildman–Crippen MR) is 166 cm³/mol. The Labute approximate surface area is 276 Å². The number of aliphatic carboxylic acids is 1. The van der Waals surface area contributed by atoms with E-state index >= 15 is 0 Å². The molecule has 0 radical (unpaired) electrons. The molecule has 0 aliphatic rings. The summed E-state index contributed by atoms with van der Waals surface area (Å²) in [6.07, 6.45) is -4.15. The third kappa shape index (κ3) is 15.8. The van der Waals surface area contributed by atoms with E-state index in [9.17, 15) is 47.8 Å². The van der Waals surface area contributed by atoms with E-state index in [1.165, 1.54) is 0 Å². The number of nitrogens with one attached hydrogen (secondary N) is 5. The lowest BCUT2D eigenvalue weighted by Gasteiger charge is -2.27. The van der Waals surface area contributed by atoms with E-state index in [1.807, 2.05) is 0 Å². The Morgan fingerprint density at radius 1 is 0.833 bits per heavy atom. The second kappa shape index (κ2) is 18.1. The van der Waals surface area contributed by atoms with E-state index in [1.54, 1.807) is 41.5 Å². The number of halogens is 2. The summed E-state index contributed by atoms with van der Waals surface area (Å²) >= 11 is 0. The van der Waals surface area contributed by atoms with Crippen molar-refractivity contribution >= 4 is 35.9 Å². The zero-order valence-electron chi connectivity index (χ0n) is 27.9. The van der Waals surface area contributed by atoms with Crippen molar-refractivity contribution in [1.82, 2.24) is 26.6 Å². The maximum atomic E-state index is 14.1. The number of aliphatic hydroxyl groups is 1. The molecule has 48 heavy (non-hydrogen) atoms. The third-order valence-corrected chi connectivity index (χ3v) is 6.05. The van der Waals surface area contributed by atoms with Crippen LogP contribution in [0.5, 0.6) is 0 Å². The van der Waals surface area contributed by atoms with Crippen LogP contribution < -0.4 is 32.3 Å². The summed E-state index contributed by atoms with van der Waals surface area (Å²) in [5.41, 5.74) is 3.97. The Hall–Kier alpha value is -4.58. The number of alkyl carbamates (subject to hydrolysis) is 2. The number of hydrogen-bond acceptors (Lipinski definition) is 10. The largest absolute Gasteiger partial charge is 0.480 e. The van der Waals surface area contributed by atoms with Crippen LogP contribution in [0.4, 0.5) is 18.4 Å². The average Bonchev–Trinajstić information content (AvgIpc) is 2.92. The van der Waals surface area contributed by atoms with Gasteiger partial charge in [0.05, 0.1) is 18.7 Å². The minimum atomic E-state index is -1.77. The molecule has 0 heterocycles.